The first-order valence-corrected chi connectivity index (χ1v) is 13.2. The molecular formula is C19H26N4O3S3. The molecule has 10 heteroatoms. The number of hydrogen-bond donors (Lipinski definition) is 1. The largest absolute Gasteiger partial charge is 0.300 e. The Bertz CT molecular complexity index is 894. The first-order chi connectivity index (χ1) is 14.0. The van der Waals surface area contributed by atoms with Gasteiger partial charge in [0.1, 0.15) is 0 Å². The number of hydrogen-bond acceptors (Lipinski definition) is 7. The Labute approximate surface area is 180 Å². The zero-order valence-electron chi connectivity index (χ0n) is 16.4. The molecule has 0 saturated carbocycles. The first-order valence-electron chi connectivity index (χ1n) is 9.77. The molecule has 0 aliphatic carbocycles. The summed E-state index contributed by atoms with van der Waals surface area (Å²) in [6.45, 7) is 2.81. The highest BCUT2D eigenvalue weighted by atomic mass is 32.2. The Hall–Kier alpha value is -1.49. The van der Waals surface area contributed by atoms with Crippen LogP contribution in [0.3, 0.4) is 0 Å². The van der Waals surface area contributed by atoms with Crippen LogP contribution < -0.4 is 5.32 Å². The second-order valence-corrected chi connectivity index (χ2v) is 11.5. The zero-order chi connectivity index (χ0) is 20.7. The normalized spacial score (nSPS) is 16.0. The van der Waals surface area contributed by atoms with E-state index in [-0.39, 0.29) is 17.6 Å². The number of sulfonamides is 1. The van der Waals surface area contributed by atoms with Gasteiger partial charge >= 0.3 is 0 Å². The quantitative estimate of drug-likeness (QED) is 0.462. The van der Waals surface area contributed by atoms with Crippen LogP contribution >= 0.6 is 23.1 Å². The summed E-state index contributed by atoms with van der Waals surface area (Å²) in [6.07, 6.45) is 2.40. The van der Waals surface area contributed by atoms with Crippen LogP contribution in [0.4, 0.5) is 5.13 Å². The van der Waals surface area contributed by atoms with Crippen molar-refractivity contribution in [3.8, 4) is 0 Å². The molecule has 1 aliphatic rings. The van der Waals surface area contributed by atoms with Crippen molar-refractivity contribution in [2.24, 2.45) is 5.92 Å². The molecule has 0 atom stereocenters. The van der Waals surface area contributed by atoms with Gasteiger partial charge in [0.2, 0.25) is 21.1 Å². The first kappa shape index (κ1) is 22.2. The van der Waals surface area contributed by atoms with Crippen LogP contribution in [0.25, 0.3) is 0 Å². The van der Waals surface area contributed by atoms with Gasteiger partial charge in [0, 0.05) is 19.0 Å². The monoisotopic (exact) mass is 454 g/mol. The molecule has 2 heterocycles. The molecule has 1 aliphatic heterocycles. The number of benzene rings is 1. The van der Waals surface area contributed by atoms with Gasteiger partial charge in [0.25, 0.3) is 0 Å². The SMILES string of the molecule is CCSc1nnc(NC(=O)C2CCN(S(=O)(=O)CCCc3ccccc3)CC2)s1. The molecule has 0 unspecified atom stereocenters. The predicted molar refractivity (Wildman–Crippen MR) is 118 cm³/mol. The summed E-state index contributed by atoms with van der Waals surface area (Å²) >= 11 is 2.95. The van der Waals surface area contributed by atoms with Crippen molar-refractivity contribution in [2.75, 3.05) is 29.9 Å². The maximum atomic E-state index is 12.6. The van der Waals surface area contributed by atoms with Crippen LogP contribution in [0.2, 0.25) is 0 Å². The maximum Gasteiger partial charge on any atom is 0.229 e. The number of nitrogens with one attached hydrogen (secondary N) is 1. The summed E-state index contributed by atoms with van der Waals surface area (Å²) in [5.41, 5.74) is 1.15. The van der Waals surface area contributed by atoms with E-state index in [1.165, 1.54) is 15.6 Å². The van der Waals surface area contributed by atoms with Crippen molar-refractivity contribution in [2.45, 2.75) is 36.9 Å². The molecule has 0 bridgehead atoms. The summed E-state index contributed by atoms with van der Waals surface area (Å²) in [5.74, 6) is 0.745. The summed E-state index contributed by atoms with van der Waals surface area (Å²) in [5, 5.41) is 11.3. The topological polar surface area (TPSA) is 92.3 Å². The van der Waals surface area contributed by atoms with E-state index in [2.05, 4.69) is 15.5 Å². The smallest absolute Gasteiger partial charge is 0.229 e. The van der Waals surface area contributed by atoms with E-state index in [0.717, 1.165) is 22.1 Å². The summed E-state index contributed by atoms with van der Waals surface area (Å²) in [7, 11) is -3.29. The van der Waals surface area contributed by atoms with Crippen LogP contribution in [0.5, 0.6) is 0 Å². The van der Waals surface area contributed by atoms with E-state index in [9.17, 15) is 13.2 Å². The molecule has 1 aromatic heterocycles. The van der Waals surface area contributed by atoms with E-state index in [1.807, 2.05) is 37.3 Å². The van der Waals surface area contributed by atoms with Crippen molar-refractivity contribution < 1.29 is 13.2 Å². The van der Waals surface area contributed by atoms with Gasteiger partial charge in [-0.1, -0.05) is 60.4 Å². The van der Waals surface area contributed by atoms with Gasteiger partial charge in [0.05, 0.1) is 5.75 Å². The van der Waals surface area contributed by atoms with Gasteiger partial charge in [-0.3, -0.25) is 4.79 Å². The maximum absolute atomic E-state index is 12.6. The van der Waals surface area contributed by atoms with Crippen molar-refractivity contribution >= 4 is 44.2 Å². The molecular weight excluding hydrogens is 428 g/mol. The summed E-state index contributed by atoms with van der Waals surface area (Å²) in [6, 6.07) is 9.90. The number of amides is 1. The van der Waals surface area contributed by atoms with E-state index >= 15 is 0 Å². The molecule has 0 spiro atoms. The van der Waals surface area contributed by atoms with E-state index in [1.54, 1.807) is 11.8 Å². The third-order valence-electron chi connectivity index (χ3n) is 4.83. The van der Waals surface area contributed by atoms with Gasteiger partial charge in [-0.2, -0.15) is 0 Å². The number of carbonyl (C=O) groups excluding carboxylic acids is 1. The van der Waals surface area contributed by atoms with Crippen molar-refractivity contribution in [1.82, 2.24) is 14.5 Å². The summed E-state index contributed by atoms with van der Waals surface area (Å²) in [4.78, 5) is 12.5. The third-order valence-corrected chi connectivity index (χ3v) is 8.64. The molecule has 7 nitrogen and oxygen atoms in total. The molecule has 3 rings (SSSR count). The standard InChI is InChI=1S/C19H26N4O3S3/c1-2-27-19-22-21-18(28-19)20-17(24)16-10-12-23(13-11-16)29(25,26)14-6-9-15-7-4-3-5-8-15/h3-5,7-8,16H,2,6,9-14H2,1H3,(H,20,21,24). The van der Waals surface area contributed by atoms with Gasteiger partial charge in [0.15, 0.2) is 4.34 Å². The lowest BCUT2D eigenvalue weighted by molar-refractivity contribution is -0.120. The molecule has 2 aromatic rings. The number of aromatic nitrogens is 2. The van der Waals surface area contributed by atoms with Crippen LogP contribution in [-0.4, -0.2) is 53.4 Å². The highest BCUT2D eigenvalue weighted by Crippen LogP contribution is 2.27. The molecule has 1 aromatic carbocycles. The summed E-state index contributed by atoms with van der Waals surface area (Å²) < 4.78 is 27.6. The molecule has 0 radical (unpaired) electrons. The predicted octanol–water partition coefficient (Wildman–Crippen LogP) is 3.26. The molecule has 29 heavy (non-hydrogen) atoms. The molecule has 1 saturated heterocycles. The number of nitrogens with zero attached hydrogens (tertiary/aromatic N) is 3. The highest BCUT2D eigenvalue weighted by molar-refractivity contribution is 8.01. The number of anilines is 1. The van der Waals surface area contributed by atoms with Crippen LogP contribution in [0, 0.1) is 5.92 Å². The number of piperidine rings is 1. The van der Waals surface area contributed by atoms with Crippen molar-refractivity contribution in [3.05, 3.63) is 35.9 Å². The number of carbonyl (C=O) groups is 1. The van der Waals surface area contributed by atoms with Gasteiger partial charge in [-0.15, -0.1) is 10.2 Å². The Kier molecular flexibility index (Phi) is 8.05. The van der Waals surface area contributed by atoms with E-state index < -0.39 is 10.0 Å². The van der Waals surface area contributed by atoms with Gasteiger partial charge < -0.3 is 5.32 Å². The third kappa shape index (κ3) is 6.50. The number of rotatable bonds is 9. The molecule has 1 amide bonds. The fourth-order valence-corrected chi connectivity index (χ4v) is 6.46. The Morgan fingerprint density at radius 1 is 1.24 bits per heavy atom. The zero-order valence-corrected chi connectivity index (χ0v) is 18.9. The van der Waals surface area contributed by atoms with E-state index in [4.69, 9.17) is 0 Å². The number of aryl methyl sites for hydroxylation is 1. The highest BCUT2D eigenvalue weighted by Gasteiger charge is 2.31. The van der Waals surface area contributed by atoms with E-state index in [0.29, 0.717) is 37.5 Å². The average molecular weight is 455 g/mol. The van der Waals surface area contributed by atoms with Crippen LogP contribution in [-0.2, 0) is 21.2 Å². The minimum atomic E-state index is -3.29. The van der Waals surface area contributed by atoms with Crippen molar-refractivity contribution in [3.63, 3.8) is 0 Å². The van der Waals surface area contributed by atoms with Crippen LogP contribution in [0.1, 0.15) is 31.7 Å². The fourth-order valence-electron chi connectivity index (χ4n) is 3.28. The van der Waals surface area contributed by atoms with Gasteiger partial charge in [-0.25, -0.2) is 12.7 Å². The average Bonchev–Trinajstić information content (AvgIpc) is 3.16. The second kappa shape index (κ2) is 10.5. The lowest BCUT2D eigenvalue weighted by Crippen LogP contribution is -2.42. The van der Waals surface area contributed by atoms with Crippen LogP contribution in [0.15, 0.2) is 34.7 Å². The lowest BCUT2D eigenvalue weighted by Gasteiger charge is -2.30. The minimum Gasteiger partial charge on any atom is -0.300 e. The number of thioether (sulfide) groups is 1. The molecule has 158 valence electrons. The molecule has 1 fully saturated rings. The van der Waals surface area contributed by atoms with Crippen molar-refractivity contribution in [1.29, 1.82) is 0 Å². The fraction of sp³-hybridized carbons (Fsp3) is 0.526. The second-order valence-electron chi connectivity index (χ2n) is 6.87. The Balaban J connectivity index is 1.44. The molecule has 1 N–H and O–H groups in total. The lowest BCUT2D eigenvalue weighted by atomic mass is 9.97. The van der Waals surface area contributed by atoms with Gasteiger partial charge in [-0.05, 0) is 37.0 Å². The Morgan fingerprint density at radius 2 is 1.97 bits per heavy atom. The Morgan fingerprint density at radius 3 is 2.66 bits per heavy atom. The minimum absolute atomic E-state index is 0.102.